The molecule has 5 heteroatoms. The van der Waals surface area contributed by atoms with Crippen molar-refractivity contribution in [1.29, 1.82) is 0 Å². The average Bonchev–Trinajstić information content (AvgIpc) is 2.14. The van der Waals surface area contributed by atoms with Gasteiger partial charge in [0, 0.05) is 19.7 Å². The third-order valence-electron chi connectivity index (χ3n) is 1.70. The summed E-state index contributed by atoms with van der Waals surface area (Å²) in [6.07, 6.45) is -0.427. The van der Waals surface area contributed by atoms with Gasteiger partial charge in [-0.25, -0.2) is 0 Å². The summed E-state index contributed by atoms with van der Waals surface area (Å²) in [4.78, 5) is 1.70. The highest BCUT2D eigenvalue weighted by Gasteiger charge is 2.16. The van der Waals surface area contributed by atoms with Gasteiger partial charge in [0.05, 0.1) is 19.8 Å². The van der Waals surface area contributed by atoms with Crippen LogP contribution in [0.15, 0.2) is 0 Å². The van der Waals surface area contributed by atoms with Crippen LogP contribution in [0.1, 0.15) is 6.92 Å². The topological polar surface area (TPSA) is 73.2 Å². The minimum absolute atomic E-state index is 0.0103. The first-order valence-electron chi connectivity index (χ1n) is 4.48. The minimum Gasteiger partial charge on any atom is -0.395 e. The molecule has 3 N–H and O–H groups in total. The Labute approximate surface area is 78.5 Å². The largest absolute Gasteiger partial charge is 0.395 e. The maximum atomic E-state index is 8.95. The van der Waals surface area contributed by atoms with Crippen LogP contribution in [0.25, 0.3) is 0 Å². The van der Waals surface area contributed by atoms with Crippen molar-refractivity contribution < 1.29 is 20.1 Å². The molecule has 0 rings (SSSR count). The quantitative estimate of drug-likeness (QED) is 0.415. The molecule has 0 amide bonds. The van der Waals surface area contributed by atoms with Gasteiger partial charge in [0.1, 0.15) is 6.23 Å². The molecule has 0 aliphatic carbocycles. The van der Waals surface area contributed by atoms with Crippen LogP contribution >= 0.6 is 0 Å². The zero-order valence-corrected chi connectivity index (χ0v) is 8.02. The van der Waals surface area contributed by atoms with Gasteiger partial charge in [0.2, 0.25) is 0 Å². The highest BCUT2D eigenvalue weighted by molar-refractivity contribution is 4.61. The van der Waals surface area contributed by atoms with Crippen LogP contribution in [0.3, 0.4) is 0 Å². The lowest BCUT2D eigenvalue weighted by Crippen LogP contribution is -2.43. The third-order valence-corrected chi connectivity index (χ3v) is 1.70. The fourth-order valence-corrected chi connectivity index (χ4v) is 1.12. The van der Waals surface area contributed by atoms with Gasteiger partial charge in [-0.1, -0.05) is 0 Å². The Bertz CT molecular complexity index is 106. The summed E-state index contributed by atoms with van der Waals surface area (Å²) in [7, 11) is 0. The average molecular weight is 193 g/mol. The Morgan fingerprint density at radius 3 is 2.00 bits per heavy atom. The van der Waals surface area contributed by atoms with E-state index in [-0.39, 0.29) is 19.8 Å². The Balaban J connectivity index is 3.94. The molecule has 13 heavy (non-hydrogen) atoms. The zero-order valence-electron chi connectivity index (χ0n) is 8.02. The Kier molecular flexibility index (Phi) is 8.27. The molecule has 0 aromatic carbocycles. The van der Waals surface area contributed by atoms with Gasteiger partial charge in [0.15, 0.2) is 0 Å². The SMILES string of the molecule is CCOC(CO)N(CCO)CCO. The van der Waals surface area contributed by atoms with Crippen molar-refractivity contribution in [3.63, 3.8) is 0 Å². The second kappa shape index (κ2) is 8.40. The molecule has 0 bridgehead atoms. The molecular weight excluding hydrogens is 174 g/mol. The molecule has 0 saturated carbocycles. The van der Waals surface area contributed by atoms with Gasteiger partial charge < -0.3 is 20.1 Å². The molecule has 5 nitrogen and oxygen atoms in total. The van der Waals surface area contributed by atoms with Crippen LogP contribution in [0, 0.1) is 0 Å². The predicted octanol–water partition coefficient (Wildman–Crippen LogP) is -1.37. The van der Waals surface area contributed by atoms with Crippen molar-refractivity contribution in [3.05, 3.63) is 0 Å². The van der Waals surface area contributed by atoms with Crippen molar-refractivity contribution >= 4 is 0 Å². The first-order valence-corrected chi connectivity index (χ1v) is 4.48. The normalized spacial score (nSPS) is 13.6. The van der Waals surface area contributed by atoms with Gasteiger partial charge in [-0.15, -0.1) is 0 Å². The summed E-state index contributed by atoms with van der Waals surface area (Å²) < 4.78 is 5.21. The van der Waals surface area contributed by atoms with Gasteiger partial charge >= 0.3 is 0 Å². The zero-order chi connectivity index (χ0) is 10.1. The van der Waals surface area contributed by atoms with Gasteiger partial charge in [-0.3, -0.25) is 4.90 Å². The predicted molar refractivity (Wildman–Crippen MR) is 48.2 cm³/mol. The lowest BCUT2D eigenvalue weighted by molar-refractivity contribution is -0.0903. The first-order chi connectivity index (χ1) is 6.29. The molecule has 0 heterocycles. The molecule has 0 spiro atoms. The molecule has 0 radical (unpaired) electrons. The smallest absolute Gasteiger partial charge is 0.134 e. The first kappa shape index (κ1) is 12.8. The van der Waals surface area contributed by atoms with Gasteiger partial charge in [-0.2, -0.15) is 0 Å². The Morgan fingerprint density at radius 1 is 1.15 bits per heavy atom. The number of hydrogen-bond donors (Lipinski definition) is 3. The Morgan fingerprint density at radius 2 is 1.69 bits per heavy atom. The van der Waals surface area contributed by atoms with E-state index in [0.29, 0.717) is 19.7 Å². The Hall–Kier alpha value is -0.200. The van der Waals surface area contributed by atoms with E-state index in [1.165, 1.54) is 0 Å². The molecule has 0 aromatic heterocycles. The van der Waals surface area contributed by atoms with E-state index in [2.05, 4.69) is 0 Å². The van der Waals surface area contributed by atoms with Crippen LogP contribution < -0.4 is 0 Å². The van der Waals surface area contributed by atoms with Crippen molar-refractivity contribution in [2.24, 2.45) is 0 Å². The molecular formula is C8H19NO4. The van der Waals surface area contributed by atoms with Crippen molar-refractivity contribution in [1.82, 2.24) is 4.90 Å². The summed E-state index contributed by atoms with van der Waals surface area (Å²) in [5.74, 6) is 0. The summed E-state index contributed by atoms with van der Waals surface area (Å²) in [6.45, 7) is 2.97. The van der Waals surface area contributed by atoms with E-state index in [1.807, 2.05) is 6.92 Å². The number of aliphatic hydroxyl groups is 3. The van der Waals surface area contributed by atoms with Crippen LogP contribution in [0.4, 0.5) is 0 Å². The number of nitrogens with zero attached hydrogens (tertiary/aromatic N) is 1. The highest BCUT2D eigenvalue weighted by atomic mass is 16.5. The monoisotopic (exact) mass is 193 g/mol. The summed E-state index contributed by atoms with van der Waals surface area (Å²) >= 11 is 0. The van der Waals surface area contributed by atoms with Crippen LogP contribution in [-0.2, 0) is 4.74 Å². The second-order valence-electron chi connectivity index (χ2n) is 2.58. The fraction of sp³-hybridized carbons (Fsp3) is 1.00. The van der Waals surface area contributed by atoms with E-state index >= 15 is 0 Å². The van der Waals surface area contributed by atoms with Crippen LogP contribution in [-0.4, -0.2) is 66.0 Å². The fourth-order valence-electron chi connectivity index (χ4n) is 1.12. The van der Waals surface area contributed by atoms with E-state index in [9.17, 15) is 0 Å². The van der Waals surface area contributed by atoms with Gasteiger partial charge in [-0.05, 0) is 6.92 Å². The molecule has 0 aliphatic rings. The number of hydrogen-bond acceptors (Lipinski definition) is 5. The minimum atomic E-state index is -0.427. The van der Waals surface area contributed by atoms with Crippen LogP contribution in [0.2, 0.25) is 0 Å². The van der Waals surface area contributed by atoms with Crippen LogP contribution in [0.5, 0.6) is 0 Å². The third kappa shape index (κ3) is 5.17. The van der Waals surface area contributed by atoms with Crippen molar-refractivity contribution in [2.45, 2.75) is 13.2 Å². The number of rotatable bonds is 8. The number of ether oxygens (including phenoxy) is 1. The van der Waals surface area contributed by atoms with E-state index in [1.54, 1.807) is 4.90 Å². The summed E-state index contributed by atoms with van der Waals surface area (Å²) in [6, 6.07) is 0. The standard InChI is InChI=1S/C8H19NO4/c1-2-13-8(7-12)9(3-5-10)4-6-11/h8,10-12H,2-7H2,1H3. The summed E-state index contributed by atoms with van der Waals surface area (Å²) in [5.41, 5.74) is 0. The molecule has 1 unspecified atom stereocenters. The second-order valence-corrected chi connectivity index (χ2v) is 2.58. The van der Waals surface area contributed by atoms with Crippen molar-refractivity contribution in [2.75, 3.05) is 39.5 Å². The molecule has 0 fully saturated rings. The molecule has 1 atom stereocenters. The molecule has 0 saturated heterocycles. The van der Waals surface area contributed by atoms with E-state index < -0.39 is 6.23 Å². The lowest BCUT2D eigenvalue weighted by Gasteiger charge is -2.28. The maximum absolute atomic E-state index is 8.95. The summed E-state index contributed by atoms with van der Waals surface area (Å²) in [5, 5.41) is 26.4. The van der Waals surface area contributed by atoms with Gasteiger partial charge in [0.25, 0.3) is 0 Å². The highest BCUT2D eigenvalue weighted by Crippen LogP contribution is 1.99. The molecule has 0 aromatic rings. The van der Waals surface area contributed by atoms with E-state index in [4.69, 9.17) is 20.1 Å². The van der Waals surface area contributed by atoms with Crippen molar-refractivity contribution in [3.8, 4) is 0 Å². The molecule has 80 valence electrons. The molecule has 0 aliphatic heterocycles. The van der Waals surface area contributed by atoms with E-state index in [0.717, 1.165) is 0 Å². The maximum Gasteiger partial charge on any atom is 0.134 e. The lowest BCUT2D eigenvalue weighted by atomic mass is 10.4. The number of aliphatic hydroxyl groups excluding tert-OH is 3.